The van der Waals surface area contributed by atoms with E-state index in [9.17, 15) is 34.2 Å². The molecule has 2 aliphatic rings. The van der Waals surface area contributed by atoms with Crippen LogP contribution in [-0.2, 0) is 30.4 Å². The molecule has 3 rings (SSSR count). The second-order valence-electron chi connectivity index (χ2n) is 9.16. The summed E-state index contributed by atoms with van der Waals surface area (Å²) < 4.78 is 0. The zero-order valence-corrected chi connectivity index (χ0v) is 19.9. The van der Waals surface area contributed by atoms with Crippen LogP contribution in [0.1, 0.15) is 37.7 Å². The van der Waals surface area contributed by atoms with Gasteiger partial charge < -0.3 is 36.8 Å². The second-order valence-corrected chi connectivity index (χ2v) is 9.16. The van der Waals surface area contributed by atoms with Crippen molar-refractivity contribution < 1.29 is 34.2 Å². The number of carboxylic acid groups (broad SMARTS) is 1. The lowest BCUT2D eigenvalue weighted by Crippen LogP contribution is -2.59. The van der Waals surface area contributed by atoms with E-state index in [1.54, 1.807) is 30.3 Å². The number of aliphatic hydroxyl groups excluding tert-OH is 1. The molecular formula is C24H33N5O7. The van der Waals surface area contributed by atoms with Crippen LogP contribution < -0.4 is 21.7 Å². The van der Waals surface area contributed by atoms with Crippen molar-refractivity contribution in [1.82, 2.24) is 20.9 Å². The van der Waals surface area contributed by atoms with Crippen LogP contribution in [-0.4, -0.2) is 88.1 Å². The summed E-state index contributed by atoms with van der Waals surface area (Å²) in [5.74, 6) is -4.03. The highest BCUT2D eigenvalue weighted by molar-refractivity contribution is 5.94. The number of nitrogens with two attached hydrogens (primary N) is 1. The van der Waals surface area contributed by atoms with Gasteiger partial charge in [0.2, 0.25) is 17.7 Å². The number of benzene rings is 1. The minimum absolute atomic E-state index is 0.0481. The maximum atomic E-state index is 13.2. The molecule has 0 radical (unpaired) electrons. The van der Waals surface area contributed by atoms with E-state index in [2.05, 4.69) is 16.0 Å². The Morgan fingerprint density at radius 3 is 2.42 bits per heavy atom. The maximum absolute atomic E-state index is 13.2. The standard InChI is InChI=1S/C24H33N5O7/c25-19(30)13-17(28-21(32)15-8-4-10-26-15)22(33)27-16(12-14-6-2-1-3-7-14)20(31)23(34)29-11-5-9-18(29)24(35)36/h1-3,6-7,15-18,20,26,31H,4-5,8-13H2,(H2,25,30)(H,27,33)(H,28,32)(H,35,36)/t15-,16?,17-,18-,20?/m0/s1. The molecule has 12 nitrogen and oxygen atoms in total. The highest BCUT2D eigenvalue weighted by atomic mass is 16.4. The molecule has 7 N–H and O–H groups in total. The Hall–Kier alpha value is -3.51. The van der Waals surface area contributed by atoms with Gasteiger partial charge in [-0.2, -0.15) is 0 Å². The molecule has 2 unspecified atom stereocenters. The summed E-state index contributed by atoms with van der Waals surface area (Å²) in [6, 6.07) is 4.79. The van der Waals surface area contributed by atoms with Crippen molar-refractivity contribution in [2.75, 3.05) is 13.1 Å². The minimum atomic E-state index is -1.75. The lowest BCUT2D eigenvalue weighted by molar-refractivity contribution is -0.153. The van der Waals surface area contributed by atoms with E-state index in [0.29, 0.717) is 24.9 Å². The first kappa shape index (κ1) is 27.1. The van der Waals surface area contributed by atoms with Crippen LogP contribution >= 0.6 is 0 Å². The van der Waals surface area contributed by atoms with Gasteiger partial charge in [-0.3, -0.25) is 19.2 Å². The predicted octanol–water partition coefficient (Wildman–Crippen LogP) is -1.74. The first-order valence-corrected chi connectivity index (χ1v) is 12.0. The van der Waals surface area contributed by atoms with Crippen molar-refractivity contribution in [3.8, 4) is 0 Å². The van der Waals surface area contributed by atoms with Crippen molar-refractivity contribution in [1.29, 1.82) is 0 Å². The SMILES string of the molecule is NC(=O)C[C@H](NC(=O)[C@@H]1CCCN1)C(=O)NC(Cc1ccccc1)C(O)C(=O)N1CCC[C@H]1C(=O)O. The molecule has 36 heavy (non-hydrogen) atoms. The molecule has 0 spiro atoms. The van der Waals surface area contributed by atoms with E-state index in [1.165, 1.54) is 0 Å². The van der Waals surface area contributed by atoms with E-state index in [4.69, 9.17) is 5.73 Å². The Balaban J connectivity index is 1.78. The van der Waals surface area contributed by atoms with Gasteiger partial charge in [-0.05, 0) is 44.2 Å². The van der Waals surface area contributed by atoms with Gasteiger partial charge in [0.25, 0.3) is 5.91 Å². The van der Waals surface area contributed by atoms with Crippen LogP contribution in [0.4, 0.5) is 0 Å². The molecule has 2 saturated heterocycles. The van der Waals surface area contributed by atoms with Gasteiger partial charge >= 0.3 is 5.97 Å². The first-order chi connectivity index (χ1) is 17.2. The quantitative estimate of drug-likeness (QED) is 0.205. The van der Waals surface area contributed by atoms with E-state index in [1.807, 2.05) is 0 Å². The zero-order chi connectivity index (χ0) is 26.2. The highest BCUT2D eigenvalue weighted by Crippen LogP contribution is 2.20. The number of likely N-dealkylation sites (tertiary alicyclic amines) is 1. The van der Waals surface area contributed by atoms with E-state index in [0.717, 1.165) is 11.3 Å². The van der Waals surface area contributed by atoms with Crippen molar-refractivity contribution in [2.45, 2.75) is 68.8 Å². The third-order valence-corrected chi connectivity index (χ3v) is 6.50. The number of amides is 4. The Kier molecular flexibility index (Phi) is 9.37. The maximum Gasteiger partial charge on any atom is 0.326 e. The van der Waals surface area contributed by atoms with Gasteiger partial charge in [0.05, 0.1) is 18.5 Å². The number of hydrogen-bond donors (Lipinski definition) is 6. The number of nitrogens with one attached hydrogen (secondary N) is 3. The number of hydrogen-bond acceptors (Lipinski definition) is 7. The number of aliphatic carboxylic acids is 1. The normalized spacial score (nSPS) is 21.9. The molecule has 0 aliphatic carbocycles. The Labute approximate surface area is 208 Å². The van der Waals surface area contributed by atoms with Gasteiger partial charge in [0.1, 0.15) is 12.1 Å². The number of carboxylic acids is 1. The molecule has 2 aliphatic heterocycles. The number of carbonyl (C=O) groups excluding carboxylic acids is 4. The highest BCUT2D eigenvalue weighted by Gasteiger charge is 2.40. The molecule has 4 amide bonds. The number of primary amides is 1. The topological polar surface area (TPSA) is 191 Å². The molecule has 2 fully saturated rings. The van der Waals surface area contributed by atoms with Gasteiger partial charge in [0, 0.05) is 6.54 Å². The number of carbonyl (C=O) groups is 5. The van der Waals surface area contributed by atoms with Crippen LogP contribution in [0.3, 0.4) is 0 Å². The molecule has 196 valence electrons. The number of rotatable bonds is 11. The summed E-state index contributed by atoms with van der Waals surface area (Å²) in [5.41, 5.74) is 6.00. The zero-order valence-electron chi connectivity index (χ0n) is 19.9. The fourth-order valence-corrected chi connectivity index (χ4v) is 4.61. The summed E-state index contributed by atoms with van der Waals surface area (Å²) in [6.45, 7) is 0.833. The van der Waals surface area contributed by atoms with Gasteiger partial charge in [-0.1, -0.05) is 30.3 Å². The summed E-state index contributed by atoms with van der Waals surface area (Å²) in [4.78, 5) is 63.1. The number of nitrogens with zero attached hydrogens (tertiary/aromatic N) is 1. The molecule has 0 aromatic heterocycles. The molecule has 0 bridgehead atoms. The Bertz CT molecular complexity index is 967. The fourth-order valence-electron chi connectivity index (χ4n) is 4.61. The number of aliphatic hydroxyl groups is 1. The van der Waals surface area contributed by atoms with Gasteiger partial charge in [0.15, 0.2) is 6.10 Å². The summed E-state index contributed by atoms with van der Waals surface area (Å²) in [7, 11) is 0. The fraction of sp³-hybridized carbons (Fsp3) is 0.542. The average molecular weight is 504 g/mol. The third kappa shape index (κ3) is 7.01. The Morgan fingerprint density at radius 1 is 1.08 bits per heavy atom. The molecule has 0 saturated carbocycles. The largest absolute Gasteiger partial charge is 0.480 e. The summed E-state index contributed by atoms with van der Waals surface area (Å²) in [6.07, 6.45) is -0.0480. The van der Waals surface area contributed by atoms with Crippen LogP contribution in [0.5, 0.6) is 0 Å². The molecule has 1 aromatic carbocycles. The second kappa shape index (κ2) is 12.5. The van der Waals surface area contributed by atoms with Gasteiger partial charge in [-0.25, -0.2) is 4.79 Å². The Morgan fingerprint density at radius 2 is 1.81 bits per heavy atom. The van der Waals surface area contributed by atoms with Crippen molar-refractivity contribution in [2.24, 2.45) is 5.73 Å². The van der Waals surface area contributed by atoms with Crippen LogP contribution in [0.15, 0.2) is 30.3 Å². The summed E-state index contributed by atoms with van der Waals surface area (Å²) in [5, 5.41) is 28.5. The summed E-state index contributed by atoms with van der Waals surface area (Å²) >= 11 is 0. The van der Waals surface area contributed by atoms with Crippen molar-refractivity contribution in [3.63, 3.8) is 0 Å². The van der Waals surface area contributed by atoms with Crippen LogP contribution in [0.2, 0.25) is 0 Å². The van der Waals surface area contributed by atoms with Gasteiger partial charge in [-0.15, -0.1) is 0 Å². The molecule has 5 atom stereocenters. The van der Waals surface area contributed by atoms with E-state index in [-0.39, 0.29) is 19.4 Å². The van der Waals surface area contributed by atoms with E-state index < -0.39 is 66.3 Å². The smallest absolute Gasteiger partial charge is 0.326 e. The molecule has 1 aromatic rings. The van der Waals surface area contributed by atoms with Crippen molar-refractivity contribution >= 4 is 29.6 Å². The molecular weight excluding hydrogens is 470 g/mol. The molecule has 12 heteroatoms. The van der Waals surface area contributed by atoms with Crippen molar-refractivity contribution in [3.05, 3.63) is 35.9 Å². The predicted molar refractivity (Wildman–Crippen MR) is 127 cm³/mol. The lowest BCUT2D eigenvalue weighted by Gasteiger charge is -2.30. The lowest BCUT2D eigenvalue weighted by atomic mass is 9.99. The molecule has 2 heterocycles. The third-order valence-electron chi connectivity index (χ3n) is 6.50. The van der Waals surface area contributed by atoms with E-state index >= 15 is 0 Å². The average Bonchev–Trinajstić information content (AvgIpc) is 3.55. The minimum Gasteiger partial charge on any atom is -0.480 e. The monoisotopic (exact) mass is 503 g/mol. The van der Waals surface area contributed by atoms with Crippen LogP contribution in [0.25, 0.3) is 0 Å². The first-order valence-electron chi connectivity index (χ1n) is 12.0. The van der Waals surface area contributed by atoms with Crippen LogP contribution in [0, 0.1) is 0 Å².